The molecule has 2 atom stereocenters. The second-order valence-corrected chi connectivity index (χ2v) is 3.82. The quantitative estimate of drug-likeness (QED) is 0.592. The van der Waals surface area contributed by atoms with Crippen molar-refractivity contribution in [2.45, 2.75) is 37.8 Å². The second-order valence-electron chi connectivity index (χ2n) is 3.82. The van der Waals surface area contributed by atoms with Crippen molar-refractivity contribution >= 4 is 0 Å². The molecule has 0 saturated carbocycles. The Labute approximate surface area is 73.9 Å². The van der Waals surface area contributed by atoms with E-state index in [2.05, 4.69) is 17.1 Å². The third kappa shape index (κ3) is 1.54. The smallest absolute Gasteiger partial charge is 0.0765 e. The molecule has 0 spiro atoms. The first-order valence-corrected chi connectivity index (χ1v) is 4.97. The van der Waals surface area contributed by atoms with E-state index in [-0.39, 0.29) is 6.10 Å². The number of hydrogen-bond donors (Lipinski definition) is 1. The van der Waals surface area contributed by atoms with Gasteiger partial charge in [0.15, 0.2) is 0 Å². The Morgan fingerprint density at radius 2 is 1.92 bits per heavy atom. The molecule has 1 aliphatic carbocycles. The van der Waals surface area contributed by atoms with Crippen LogP contribution in [0.15, 0.2) is 12.2 Å². The summed E-state index contributed by atoms with van der Waals surface area (Å²) >= 11 is 0. The largest absolute Gasteiger partial charge is 0.391 e. The second kappa shape index (κ2) is 3.58. The van der Waals surface area contributed by atoms with Crippen molar-refractivity contribution in [1.82, 2.24) is 4.90 Å². The molecule has 1 N–H and O–H groups in total. The number of piperidine rings is 1. The molecule has 2 rings (SSSR count). The molecule has 2 nitrogen and oxygen atoms in total. The van der Waals surface area contributed by atoms with Crippen LogP contribution >= 0.6 is 0 Å². The molecular weight excluding hydrogens is 150 g/mol. The van der Waals surface area contributed by atoms with Crippen LogP contribution < -0.4 is 0 Å². The highest BCUT2D eigenvalue weighted by atomic mass is 16.3. The molecule has 1 aliphatic heterocycles. The van der Waals surface area contributed by atoms with Gasteiger partial charge in [-0.2, -0.15) is 0 Å². The molecule has 68 valence electrons. The first-order chi connectivity index (χ1) is 5.88. The van der Waals surface area contributed by atoms with Crippen LogP contribution in [0.25, 0.3) is 0 Å². The van der Waals surface area contributed by atoms with Crippen molar-refractivity contribution in [3.63, 3.8) is 0 Å². The maximum absolute atomic E-state index is 9.64. The fourth-order valence-corrected chi connectivity index (χ4v) is 2.21. The highest BCUT2D eigenvalue weighted by Crippen LogP contribution is 2.20. The summed E-state index contributed by atoms with van der Waals surface area (Å²) in [7, 11) is 0. The van der Waals surface area contributed by atoms with E-state index < -0.39 is 0 Å². The number of hydrogen-bond acceptors (Lipinski definition) is 2. The van der Waals surface area contributed by atoms with Crippen LogP contribution in [-0.4, -0.2) is 35.2 Å². The average molecular weight is 167 g/mol. The van der Waals surface area contributed by atoms with Gasteiger partial charge in [0.05, 0.1) is 12.1 Å². The monoisotopic (exact) mass is 167 g/mol. The normalized spacial score (nSPS) is 37.4. The van der Waals surface area contributed by atoms with Gasteiger partial charge in [-0.15, -0.1) is 0 Å². The van der Waals surface area contributed by atoms with Crippen molar-refractivity contribution < 1.29 is 5.11 Å². The zero-order valence-corrected chi connectivity index (χ0v) is 7.45. The molecule has 0 unspecified atom stereocenters. The molecule has 1 saturated heterocycles. The van der Waals surface area contributed by atoms with Crippen molar-refractivity contribution in [2.75, 3.05) is 13.1 Å². The van der Waals surface area contributed by atoms with Crippen LogP contribution in [0.1, 0.15) is 25.7 Å². The Hall–Kier alpha value is -0.340. The summed E-state index contributed by atoms with van der Waals surface area (Å²) in [6.07, 6.45) is 8.95. The topological polar surface area (TPSA) is 23.5 Å². The van der Waals surface area contributed by atoms with Crippen LogP contribution in [0, 0.1) is 0 Å². The van der Waals surface area contributed by atoms with Gasteiger partial charge >= 0.3 is 0 Å². The minimum Gasteiger partial charge on any atom is -0.391 e. The molecule has 0 aromatic carbocycles. The van der Waals surface area contributed by atoms with Gasteiger partial charge in [0.2, 0.25) is 0 Å². The van der Waals surface area contributed by atoms with Crippen molar-refractivity contribution in [1.29, 1.82) is 0 Å². The fourth-order valence-electron chi connectivity index (χ4n) is 2.21. The van der Waals surface area contributed by atoms with Gasteiger partial charge in [-0.05, 0) is 32.4 Å². The molecule has 2 aliphatic rings. The molecule has 1 fully saturated rings. The van der Waals surface area contributed by atoms with Gasteiger partial charge < -0.3 is 5.11 Å². The van der Waals surface area contributed by atoms with E-state index in [9.17, 15) is 5.11 Å². The lowest BCUT2D eigenvalue weighted by Crippen LogP contribution is -2.43. The van der Waals surface area contributed by atoms with Crippen LogP contribution in [-0.2, 0) is 0 Å². The van der Waals surface area contributed by atoms with Gasteiger partial charge in [-0.1, -0.05) is 18.6 Å². The molecular formula is C10H17NO. The predicted octanol–water partition coefficient (Wildman–Crippen LogP) is 1.16. The molecule has 2 heteroatoms. The number of rotatable bonds is 1. The molecule has 0 aromatic heterocycles. The summed E-state index contributed by atoms with van der Waals surface area (Å²) in [6.45, 7) is 2.35. The summed E-state index contributed by atoms with van der Waals surface area (Å²) in [5.74, 6) is 0. The van der Waals surface area contributed by atoms with E-state index in [0.717, 1.165) is 6.42 Å². The first-order valence-electron chi connectivity index (χ1n) is 4.97. The summed E-state index contributed by atoms with van der Waals surface area (Å²) in [5, 5.41) is 9.64. The standard InChI is InChI=1S/C10H17NO/c12-10-6-4-5-9(10)11-7-2-1-3-8-11/h4-5,9-10,12H,1-3,6-8H2/t9-,10-/m1/s1. The van der Waals surface area contributed by atoms with E-state index in [1.54, 1.807) is 0 Å². The maximum Gasteiger partial charge on any atom is 0.0765 e. The maximum atomic E-state index is 9.64. The van der Waals surface area contributed by atoms with E-state index >= 15 is 0 Å². The lowest BCUT2D eigenvalue weighted by Gasteiger charge is -2.33. The zero-order valence-electron chi connectivity index (χ0n) is 7.45. The Balaban J connectivity index is 1.93. The lowest BCUT2D eigenvalue weighted by molar-refractivity contribution is 0.0730. The Kier molecular flexibility index (Phi) is 2.47. The minimum absolute atomic E-state index is 0.136. The molecule has 0 radical (unpaired) electrons. The average Bonchev–Trinajstić information content (AvgIpc) is 2.53. The third-order valence-corrected chi connectivity index (χ3v) is 2.92. The van der Waals surface area contributed by atoms with Gasteiger partial charge in [-0.3, -0.25) is 4.90 Å². The van der Waals surface area contributed by atoms with E-state index in [1.807, 2.05) is 0 Å². The van der Waals surface area contributed by atoms with Crippen molar-refractivity contribution in [3.05, 3.63) is 12.2 Å². The van der Waals surface area contributed by atoms with Crippen molar-refractivity contribution in [2.24, 2.45) is 0 Å². The Morgan fingerprint density at radius 1 is 1.17 bits per heavy atom. The number of aliphatic hydroxyl groups is 1. The predicted molar refractivity (Wildman–Crippen MR) is 49.0 cm³/mol. The van der Waals surface area contributed by atoms with Crippen LogP contribution in [0.5, 0.6) is 0 Å². The van der Waals surface area contributed by atoms with Crippen LogP contribution in [0.4, 0.5) is 0 Å². The molecule has 1 heterocycles. The summed E-state index contributed by atoms with van der Waals surface area (Å²) in [5.41, 5.74) is 0. The molecule has 0 aromatic rings. The van der Waals surface area contributed by atoms with E-state index in [4.69, 9.17) is 0 Å². The number of likely N-dealkylation sites (tertiary alicyclic amines) is 1. The van der Waals surface area contributed by atoms with Gasteiger partial charge in [-0.25, -0.2) is 0 Å². The van der Waals surface area contributed by atoms with E-state index in [0.29, 0.717) is 6.04 Å². The first kappa shape index (κ1) is 8.27. The van der Waals surface area contributed by atoms with Gasteiger partial charge in [0, 0.05) is 0 Å². The summed E-state index contributed by atoms with van der Waals surface area (Å²) in [6, 6.07) is 0.324. The zero-order chi connectivity index (χ0) is 8.39. The highest BCUT2D eigenvalue weighted by Gasteiger charge is 2.27. The molecule has 12 heavy (non-hydrogen) atoms. The Morgan fingerprint density at radius 3 is 2.50 bits per heavy atom. The number of aliphatic hydroxyl groups excluding tert-OH is 1. The molecule has 0 bridgehead atoms. The van der Waals surface area contributed by atoms with Crippen molar-refractivity contribution in [3.8, 4) is 0 Å². The lowest BCUT2D eigenvalue weighted by atomic mass is 10.1. The molecule has 0 amide bonds. The SMILES string of the molecule is O[C@@H]1CC=C[C@H]1N1CCCCC1. The summed E-state index contributed by atoms with van der Waals surface area (Å²) < 4.78 is 0. The minimum atomic E-state index is -0.136. The highest BCUT2D eigenvalue weighted by molar-refractivity contribution is 5.07. The third-order valence-electron chi connectivity index (χ3n) is 2.92. The van der Waals surface area contributed by atoms with Crippen LogP contribution in [0.3, 0.4) is 0 Å². The van der Waals surface area contributed by atoms with Crippen LogP contribution in [0.2, 0.25) is 0 Å². The summed E-state index contributed by atoms with van der Waals surface area (Å²) in [4.78, 5) is 2.41. The number of nitrogens with zero attached hydrogens (tertiary/aromatic N) is 1. The fraction of sp³-hybridized carbons (Fsp3) is 0.800. The van der Waals surface area contributed by atoms with Gasteiger partial charge in [0.25, 0.3) is 0 Å². The Bertz CT molecular complexity index is 173. The van der Waals surface area contributed by atoms with E-state index in [1.165, 1.54) is 32.4 Å². The van der Waals surface area contributed by atoms with Gasteiger partial charge in [0.1, 0.15) is 0 Å².